The summed E-state index contributed by atoms with van der Waals surface area (Å²) in [5.74, 6) is -0.715. The summed E-state index contributed by atoms with van der Waals surface area (Å²) in [6.45, 7) is 1.77. The molecule has 0 bridgehead atoms. The van der Waals surface area contributed by atoms with Crippen molar-refractivity contribution in [2.24, 2.45) is 0 Å². The SMILES string of the molecule is Cc1c(N)cc(C(=O)N(CCO)C2CCCCC2)cc1F. The van der Waals surface area contributed by atoms with Gasteiger partial charge in [-0.15, -0.1) is 0 Å². The Labute approximate surface area is 124 Å². The first-order chi connectivity index (χ1) is 10.0. The average Bonchev–Trinajstić information content (AvgIpc) is 2.50. The van der Waals surface area contributed by atoms with Crippen molar-refractivity contribution in [2.75, 3.05) is 18.9 Å². The lowest BCUT2D eigenvalue weighted by Crippen LogP contribution is -2.43. The average molecular weight is 294 g/mol. The van der Waals surface area contributed by atoms with Gasteiger partial charge in [0.25, 0.3) is 5.91 Å². The molecular formula is C16H23FN2O2. The molecule has 0 saturated heterocycles. The van der Waals surface area contributed by atoms with Gasteiger partial charge in [-0.05, 0) is 31.9 Å². The number of nitrogens with two attached hydrogens (primary N) is 1. The van der Waals surface area contributed by atoms with Gasteiger partial charge in [0, 0.05) is 29.4 Å². The molecule has 1 aliphatic carbocycles. The van der Waals surface area contributed by atoms with E-state index in [1.54, 1.807) is 11.8 Å². The van der Waals surface area contributed by atoms with E-state index in [1.807, 2.05) is 0 Å². The Kier molecular flexibility index (Phi) is 5.17. The molecule has 1 saturated carbocycles. The quantitative estimate of drug-likeness (QED) is 0.838. The van der Waals surface area contributed by atoms with Crippen molar-refractivity contribution >= 4 is 11.6 Å². The monoisotopic (exact) mass is 294 g/mol. The summed E-state index contributed by atoms with van der Waals surface area (Å²) in [7, 11) is 0. The van der Waals surface area contributed by atoms with Crippen LogP contribution in [0.5, 0.6) is 0 Å². The number of anilines is 1. The Balaban J connectivity index is 2.25. The fourth-order valence-corrected chi connectivity index (χ4v) is 2.94. The minimum absolute atomic E-state index is 0.0912. The number of halogens is 1. The maximum absolute atomic E-state index is 13.8. The van der Waals surface area contributed by atoms with Crippen molar-refractivity contribution in [3.05, 3.63) is 29.1 Å². The van der Waals surface area contributed by atoms with Crippen molar-refractivity contribution in [3.63, 3.8) is 0 Å². The van der Waals surface area contributed by atoms with E-state index in [9.17, 15) is 14.3 Å². The van der Waals surface area contributed by atoms with Crippen LogP contribution in [-0.4, -0.2) is 35.1 Å². The number of benzene rings is 1. The third kappa shape index (κ3) is 3.53. The lowest BCUT2D eigenvalue weighted by atomic mass is 9.93. The largest absolute Gasteiger partial charge is 0.398 e. The molecular weight excluding hydrogens is 271 g/mol. The first kappa shape index (κ1) is 15.8. The summed E-state index contributed by atoms with van der Waals surface area (Å²) in [5, 5.41) is 9.22. The van der Waals surface area contributed by atoms with Gasteiger partial charge in [0.1, 0.15) is 5.82 Å². The van der Waals surface area contributed by atoms with Crippen LogP contribution in [0, 0.1) is 12.7 Å². The topological polar surface area (TPSA) is 66.6 Å². The first-order valence-electron chi connectivity index (χ1n) is 7.52. The van der Waals surface area contributed by atoms with Gasteiger partial charge in [-0.2, -0.15) is 0 Å². The molecule has 116 valence electrons. The molecule has 0 atom stereocenters. The molecule has 1 aromatic carbocycles. The highest BCUT2D eigenvalue weighted by Crippen LogP contribution is 2.25. The number of amides is 1. The molecule has 1 amide bonds. The molecule has 0 aromatic heterocycles. The zero-order chi connectivity index (χ0) is 15.4. The molecule has 4 nitrogen and oxygen atoms in total. The molecule has 0 heterocycles. The molecule has 0 spiro atoms. The van der Waals surface area contributed by atoms with E-state index >= 15 is 0 Å². The second-order valence-electron chi connectivity index (χ2n) is 5.69. The van der Waals surface area contributed by atoms with Crippen LogP contribution in [-0.2, 0) is 0 Å². The van der Waals surface area contributed by atoms with E-state index in [2.05, 4.69) is 0 Å². The van der Waals surface area contributed by atoms with E-state index in [0.717, 1.165) is 25.7 Å². The fraction of sp³-hybridized carbons (Fsp3) is 0.562. The van der Waals surface area contributed by atoms with Crippen molar-refractivity contribution in [3.8, 4) is 0 Å². The predicted molar refractivity (Wildman–Crippen MR) is 80.5 cm³/mol. The molecule has 1 fully saturated rings. The number of hydrogen-bond donors (Lipinski definition) is 2. The summed E-state index contributed by atoms with van der Waals surface area (Å²) >= 11 is 0. The highest BCUT2D eigenvalue weighted by atomic mass is 19.1. The third-order valence-corrected chi connectivity index (χ3v) is 4.25. The summed E-state index contributed by atoms with van der Waals surface area (Å²) < 4.78 is 13.8. The smallest absolute Gasteiger partial charge is 0.254 e. The highest BCUT2D eigenvalue weighted by Gasteiger charge is 2.26. The van der Waals surface area contributed by atoms with Crippen LogP contribution >= 0.6 is 0 Å². The van der Waals surface area contributed by atoms with Crippen molar-refractivity contribution in [1.82, 2.24) is 4.90 Å². The number of aliphatic hydroxyl groups is 1. The molecule has 0 radical (unpaired) electrons. The minimum Gasteiger partial charge on any atom is -0.398 e. The van der Waals surface area contributed by atoms with Gasteiger partial charge in [-0.1, -0.05) is 19.3 Å². The molecule has 2 rings (SSSR count). The van der Waals surface area contributed by atoms with Gasteiger partial charge >= 0.3 is 0 Å². The standard InChI is InChI=1S/C16H23FN2O2/c1-11-14(17)9-12(10-15(11)18)16(21)19(7-8-20)13-5-3-2-4-6-13/h9-10,13,20H,2-8,18H2,1H3. The van der Waals surface area contributed by atoms with Crippen LogP contribution in [0.4, 0.5) is 10.1 Å². The molecule has 0 aliphatic heterocycles. The molecule has 3 N–H and O–H groups in total. The zero-order valence-corrected chi connectivity index (χ0v) is 12.4. The number of nitrogens with zero attached hydrogens (tertiary/aromatic N) is 1. The Morgan fingerprint density at radius 1 is 1.38 bits per heavy atom. The van der Waals surface area contributed by atoms with Gasteiger partial charge in [-0.25, -0.2) is 4.39 Å². The van der Waals surface area contributed by atoms with E-state index in [-0.39, 0.29) is 36.4 Å². The van der Waals surface area contributed by atoms with Crippen LogP contribution in [0.2, 0.25) is 0 Å². The number of rotatable bonds is 4. The van der Waals surface area contributed by atoms with Crippen LogP contribution in [0.3, 0.4) is 0 Å². The summed E-state index contributed by atoms with van der Waals surface area (Å²) in [6.07, 6.45) is 5.24. The number of carbonyl (C=O) groups excluding carboxylic acids is 1. The highest BCUT2D eigenvalue weighted by molar-refractivity contribution is 5.95. The van der Waals surface area contributed by atoms with Gasteiger partial charge in [-0.3, -0.25) is 4.79 Å². The van der Waals surface area contributed by atoms with E-state index in [4.69, 9.17) is 5.73 Å². The molecule has 21 heavy (non-hydrogen) atoms. The van der Waals surface area contributed by atoms with E-state index < -0.39 is 5.82 Å². The van der Waals surface area contributed by atoms with Crippen LogP contribution < -0.4 is 5.73 Å². The molecule has 1 aliphatic rings. The van der Waals surface area contributed by atoms with Gasteiger partial charge < -0.3 is 15.7 Å². The molecule has 5 heteroatoms. The van der Waals surface area contributed by atoms with E-state index in [1.165, 1.54) is 18.6 Å². The number of aliphatic hydroxyl groups excluding tert-OH is 1. The van der Waals surface area contributed by atoms with Crippen LogP contribution in [0.1, 0.15) is 48.0 Å². The molecule has 1 aromatic rings. The summed E-state index contributed by atoms with van der Waals surface area (Å²) in [6, 6.07) is 2.89. The maximum Gasteiger partial charge on any atom is 0.254 e. The van der Waals surface area contributed by atoms with Gasteiger partial charge in [0.15, 0.2) is 0 Å². The Hall–Kier alpha value is -1.62. The van der Waals surface area contributed by atoms with Crippen molar-refractivity contribution in [2.45, 2.75) is 45.1 Å². The number of nitrogen functional groups attached to an aromatic ring is 1. The van der Waals surface area contributed by atoms with Gasteiger partial charge in [0.2, 0.25) is 0 Å². The van der Waals surface area contributed by atoms with Crippen LogP contribution in [0.15, 0.2) is 12.1 Å². The van der Waals surface area contributed by atoms with E-state index in [0.29, 0.717) is 5.56 Å². The number of hydrogen-bond acceptors (Lipinski definition) is 3. The lowest BCUT2D eigenvalue weighted by Gasteiger charge is -2.34. The Morgan fingerprint density at radius 2 is 2.05 bits per heavy atom. The summed E-state index contributed by atoms with van der Waals surface area (Å²) in [5.41, 5.74) is 6.65. The third-order valence-electron chi connectivity index (χ3n) is 4.25. The Morgan fingerprint density at radius 3 is 2.62 bits per heavy atom. The zero-order valence-electron chi connectivity index (χ0n) is 12.4. The second kappa shape index (κ2) is 6.89. The minimum atomic E-state index is -0.467. The maximum atomic E-state index is 13.8. The van der Waals surface area contributed by atoms with Crippen molar-refractivity contribution < 1.29 is 14.3 Å². The predicted octanol–water partition coefficient (Wildman–Crippen LogP) is 2.48. The lowest BCUT2D eigenvalue weighted by molar-refractivity contribution is 0.0585. The van der Waals surface area contributed by atoms with Crippen molar-refractivity contribution in [1.29, 1.82) is 0 Å². The van der Waals surface area contributed by atoms with Crippen LogP contribution in [0.25, 0.3) is 0 Å². The Bertz CT molecular complexity index is 490. The summed E-state index contributed by atoms with van der Waals surface area (Å²) in [4.78, 5) is 14.3. The fourth-order valence-electron chi connectivity index (χ4n) is 2.94. The molecule has 0 unspecified atom stereocenters. The first-order valence-corrected chi connectivity index (χ1v) is 7.52. The second-order valence-corrected chi connectivity index (χ2v) is 5.69. The number of carbonyl (C=O) groups is 1. The normalized spacial score (nSPS) is 16.0. The van der Waals surface area contributed by atoms with Gasteiger partial charge in [0.05, 0.1) is 6.61 Å².